The van der Waals surface area contributed by atoms with Crippen LogP contribution in [0, 0.1) is 0 Å². The third-order valence-electron chi connectivity index (χ3n) is 2.67. The van der Waals surface area contributed by atoms with Crippen molar-refractivity contribution in [1.29, 1.82) is 0 Å². The highest BCUT2D eigenvalue weighted by molar-refractivity contribution is 7.99. The number of nitrogens with two attached hydrogens (primary N) is 1. The number of hydrogen-bond donors (Lipinski definition) is 1. The number of benzene rings is 1. The van der Waals surface area contributed by atoms with Crippen LogP contribution in [0.5, 0.6) is 5.75 Å². The van der Waals surface area contributed by atoms with E-state index in [-0.39, 0.29) is 5.97 Å². The molecule has 106 valence electrons. The van der Waals surface area contributed by atoms with Gasteiger partial charge in [0.2, 0.25) is 0 Å². The summed E-state index contributed by atoms with van der Waals surface area (Å²) in [6.07, 6.45) is 0.563. The van der Waals surface area contributed by atoms with Gasteiger partial charge in [-0.15, -0.1) is 11.8 Å². The van der Waals surface area contributed by atoms with E-state index in [9.17, 15) is 4.79 Å². The molecule has 0 bridgehead atoms. The Morgan fingerprint density at radius 1 is 1.47 bits per heavy atom. The van der Waals surface area contributed by atoms with Crippen LogP contribution in [0.25, 0.3) is 0 Å². The molecule has 0 fully saturated rings. The number of ether oxygens (including phenoxy) is 2. The van der Waals surface area contributed by atoms with Gasteiger partial charge < -0.3 is 15.2 Å². The number of methoxy groups -OCH3 is 1. The second kappa shape index (κ2) is 7.40. The van der Waals surface area contributed by atoms with E-state index < -0.39 is 5.54 Å². The smallest absolute Gasteiger partial charge is 0.325 e. The third kappa shape index (κ3) is 5.12. The summed E-state index contributed by atoms with van der Waals surface area (Å²) in [5.74, 6) is 1.23. The Balaban J connectivity index is 2.46. The van der Waals surface area contributed by atoms with Gasteiger partial charge in [0.15, 0.2) is 0 Å². The molecule has 0 spiro atoms. The van der Waals surface area contributed by atoms with E-state index in [4.69, 9.17) is 15.2 Å². The van der Waals surface area contributed by atoms with Crippen molar-refractivity contribution in [2.24, 2.45) is 5.73 Å². The lowest BCUT2D eigenvalue weighted by Gasteiger charge is -2.21. The molecule has 0 aliphatic heterocycles. The average molecular weight is 283 g/mol. The van der Waals surface area contributed by atoms with Gasteiger partial charge in [-0.1, -0.05) is 6.07 Å². The maximum atomic E-state index is 11.6. The molecule has 4 nitrogen and oxygen atoms in total. The molecule has 1 atom stereocenters. The Hall–Kier alpha value is -1.20. The summed E-state index contributed by atoms with van der Waals surface area (Å²) in [6.45, 7) is 3.84. The highest BCUT2D eigenvalue weighted by atomic mass is 32.2. The fourth-order valence-corrected chi connectivity index (χ4v) is 2.61. The number of hydrogen-bond acceptors (Lipinski definition) is 5. The zero-order valence-electron chi connectivity index (χ0n) is 11.6. The van der Waals surface area contributed by atoms with E-state index in [2.05, 4.69) is 0 Å². The molecule has 0 saturated carbocycles. The molecule has 1 unspecified atom stereocenters. The summed E-state index contributed by atoms with van der Waals surface area (Å²) in [5, 5.41) is 0. The van der Waals surface area contributed by atoms with Gasteiger partial charge in [-0.3, -0.25) is 4.79 Å². The van der Waals surface area contributed by atoms with Crippen molar-refractivity contribution < 1.29 is 14.3 Å². The summed E-state index contributed by atoms with van der Waals surface area (Å²) < 4.78 is 10.1. The Labute approximate surface area is 118 Å². The highest BCUT2D eigenvalue weighted by Crippen LogP contribution is 2.25. The second-order valence-electron chi connectivity index (χ2n) is 4.42. The van der Waals surface area contributed by atoms with E-state index in [0.717, 1.165) is 16.4 Å². The molecule has 0 amide bonds. The molecule has 0 aromatic heterocycles. The molecular weight excluding hydrogens is 262 g/mol. The molecule has 0 radical (unpaired) electrons. The first-order chi connectivity index (χ1) is 8.99. The van der Waals surface area contributed by atoms with Crippen LogP contribution in [0.1, 0.15) is 20.3 Å². The van der Waals surface area contributed by atoms with Crippen LogP contribution in [0.2, 0.25) is 0 Å². The summed E-state index contributed by atoms with van der Waals surface area (Å²) in [7, 11) is 1.64. The van der Waals surface area contributed by atoms with E-state index in [0.29, 0.717) is 13.0 Å². The van der Waals surface area contributed by atoms with Crippen molar-refractivity contribution in [1.82, 2.24) is 0 Å². The van der Waals surface area contributed by atoms with E-state index in [1.807, 2.05) is 24.3 Å². The number of esters is 1. The molecule has 0 saturated heterocycles. The Kier molecular flexibility index (Phi) is 6.18. The first-order valence-electron chi connectivity index (χ1n) is 6.22. The fraction of sp³-hybridized carbons (Fsp3) is 0.500. The van der Waals surface area contributed by atoms with Crippen molar-refractivity contribution in [3.05, 3.63) is 24.3 Å². The van der Waals surface area contributed by atoms with Crippen LogP contribution < -0.4 is 10.5 Å². The molecule has 1 aromatic rings. The number of carbonyl (C=O) groups excluding carboxylic acids is 1. The maximum absolute atomic E-state index is 11.6. The Morgan fingerprint density at radius 3 is 2.84 bits per heavy atom. The molecule has 5 heteroatoms. The molecular formula is C14H21NO3S. The first-order valence-corrected chi connectivity index (χ1v) is 7.21. The van der Waals surface area contributed by atoms with E-state index >= 15 is 0 Å². The van der Waals surface area contributed by atoms with E-state index in [1.165, 1.54) is 0 Å². The zero-order chi connectivity index (χ0) is 14.3. The van der Waals surface area contributed by atoms with Gasteiger partial charge in [0.25, 0.3) is 0 Å². The lowest BCUT2D eigenvalue weighted by molar-refractivity contribution is -0.149. The average Bonchev–Trinajstić information content (AvgIpc) is 2.39. The van der Waals surface area contributed by atoms with E-state index in [1.54, 1.807) is 32.7 Å². The molecule has 1 aromatic carbocycles. The largest absolute Gasteiger partial charge is 0.497 e. The minimum absolute atomic E-state index is 0.346. The predicted octanol–water partition coefficient (Wildman–Crippen LogP) is 2.46. The topological polar surface area (TPSA) is 61.5 Å². The molecule has 2 N–H and O–H groups in total. The van der Waals surface area contributed by atoms with Gasteiger partial charge >= 0.3 is 5.97 Å². The van der Waals surface area contributed by atoms with Gasteiger partial charge in [-0.05, 0) is 38.5 Å². The van der Waals surface area contributed by atoms with Crippen LogP contribution in [0.3, 0.4) is 0 Å². The fourth-order valence-electron chi connectivity index (χ4n) is 1.47. The van der Waals surface area contributed by atoms with Gasteiger partial charge in [0.1, 0.15) is 11.3 Å². The summed E-state index contributed by atoms with van der Waals surface area (Å²) in [5.41, 5.74) is 5.03. The highest BCUT2D eigenvalue weighted by Gasteiger charge is 2.29. The van der Waals surface area contributed by atoms with Crippen molar-refractivity contribution >= 4 is 17.7 Å². The third-order valence-corrected chi connectivity index (χ3v) is 3.67. The van der Waals surface area contributed by atoms with Gasteiger partial charge in [0.05, 0.1) is 13.7 Å². The van der Waals surface area contributed by atoms with Crippen LogP contribution in [-0.2, 0) is 9.53 Å². The van der Waals surface area contributed by atoms with Crippen molar-refractivity contribution in [3.8, 4) is 5.75 Å². The lowest BCUT2D eigenvalue weighted by atomic mass is 10.0. The van der Waals surface area contributed by atoms with Gasteiger partial charge in [0, 0.05) is 10.6 Å². The van der Waals surface area contributed by atoms with Crippen molar-refractivity contribution in [3.63, 3.8) is 0 Å². The molecule has 0 heterocycles. The molecule has 0 aliphatic rings. The SMILES string of the molecule is CCOC(=O)C(C)(N)CCSc1cccc(OC)c1. The lowest BCUT2D eigenvalue weighted by Crippen LogP contribution is -2.46. The summed E-state index contributed by atoms with van der Waals surface area (Å²) in [4.78, 5) is 12.7. The molecule has 19 heavy (non-hydrogen) atoms. The first kappa shape index (κ1) is 15.9. The Morgan fingerprint density at radius 2 is 2.21 bits per heavy atom. The van der Waals surface area contributed by atoms with Crippen molar-refractivity contribution in [2.45, 2.75) is 30.7 Å². The minimum atomic E-state index is -0.929. The minimum Gasteiger partial charge on any atom is -0.497 e. The summed E-state index contributed by atoms with van der Waals surface area (Å²) >= 11 is 1.64. The standard InChI is InChI=1S/C14H21NO3S/c1-4-18-13(16)14(2,15)8-9-19-12-7-5-6-11(10-12)17-3/h5-7,10H,4,8-9,15H2,1-3H3. The second-order valence-corrected chi connectivity index (χ2v) is 5.58. The predicted molar refractivity (Wildman–Crippen MR) is 77.6 cm³/mol. The zero-order valence-corrected chi connectivity index (χ0v) is 12.5. The van der Waals surface area contributed by atoms with Crippen LogP contribution in [0.4, 0.5) is 0 Å². The molecule has 0 aliphatic carbocycles. The van der Waals surface area contributed by atoms with Crippen LogP contribution in [0.15, 0.2) is 29.2 Å². The monoisotopic (exact) mass is 283 g/mol. The van der Waals surface area contributed by atoms with Gasteiger partial charge in [-0.25, -0.2) is 0 Å². The number of rotatable bonds is 7. The van der Waals surface area contributed by atoms with Crippen LogP contribution >= 0.6 is 11.8 Å². The van der Waals surface area contributed by atoms with Gasteiger partial charge in [-0.2, -0.15) is 0 Å². The Bertz CT molecular complexity index is 421. The quantitative estimate of drug-likeness (QED) is 0.615. The maximum Gasteiger partial charge on any atom is 0.325 e. The summed E-state index contributed by atoms with van der Waals surface area (Å²) in [6, 6.07) is 7.80. The molecule has 1 rings (SSSR count). The number of carbonyl (C=O) groups is 1. The van der Waals surface area contributed by atoms with Crippen molar-refractivity contribution in [2.75, 3.05) is 19.5 Å². The number of thioether (sulfide) groups is 1. The normalized spacial score (nSPS) is 13.7. The van der Waals surface area contributed by atoms with Crippen LogP contribution in [-0.4, -0.2) is 31.0 Å².